The van der Waals surface area contributed by atoms with Crippen molar-refractivity contribution in [3.8, 4) is 0 Å². The summed E-state index contributed by atoms with van der Waals surface area (Å²) in [6.45, 7) is 1.50. The third-order valence-corrected chi connectivity index (χ3v) is 0.699. The second-order valence-electron chi connectivity index (χ2n) is 0.935. The molecule has 0 aliphatic heterocycles. The minimum atomic E-state index is -1.07. The van der Waals surface area contributed by atoms with E-state index in [1.165, 1.54) is 6.92 Å². The quantitative estimate of drug-likeness (QED) is 0.445. The van der Waals surface area contributed by atoms with Crippen LogP contribution in [-0.4, -0.2) is 10.8 Å². The minimum absolute atomic E-state index is 0. The molecule has 0 radical (unpaired) electrons. The van der Waals surface area contributed by atoms with Crippen LogP contribution in [0.15, 0.2) is 0 Å². The summed E-state index contributed by atoms with van der Waals surface area (Å²) in [5.74, 6) is -1.07. The number of carbonyl (C=O) groups excluding carboxylic acids is 1. The summed E-state index contributed by atoms with van der Waals surface area (Å²) in [5, 5.41) is 9.54. The molecule has 0 heterocycles. The summed E-state index contributed by atoms with van der Waals surface area (Å²) in [6, 6.07) is 0. The predicted octanol–water partition coefficient (Wildman–Crippen LogP) is -3.48. The number of aliphatic carboxylic acids is 1. The van der Waals surface area contributed by atoms with E-state index >= 15 is 0 Å². The standard InChI is InChI=1S/C3H5BrO2.Rb/c1-2(4)3(5)6;/h2H,1H3,(H,5,6);/q;+1/p-1. The molecule has 1 atom stereocenters. The zero-order valence-electron chi connectivity index (χ0n) is 4.27. The van der Waals surface area contributed by atoms with Crippen LogP contribution in [0.2, 0.25) is 0 Å². The number of rotatable bonds is 1. The first-order valence-corrected chi connectivity index (χ1v) is 2.41. The van der Waals surface area contributed by atoms with Gasteiger partial charge in [0, 0.05) is 0 Å². The van der Waals surface area contributed by atoms with E-state index < -0.39 is 10.8 Å². The maximum Gasteiger partial charge on any atom is 1.00 e. The smallest absolute Gasteiger partial charge is 0.549 e. The number of halogens is 1. The third-order valence-electron chi connectivity index (χ3n) is 0.325. The number of alkyl halides is 1. The van der Waals surface area contributed by atoms with Gasteiger partial charge in [-0.15, -0.1) is 0 Å². The number of hydrogen-bond donors (Lipinski definition) is 0. The van der Waals surface area contributed by atoms with Gasteiger partial charge in [0.15, 0.2) is 0 Å². The molecule has 0 aliphatic rings. The fourth-order valence-corrected chi connectivity index (χ4v) is 0. The average Bonchev–Trinajstić information content (AvgIpc) is 1.36. The van der Waals surface area contributed by atoms with E-state index in [4.69, 9.17) is 0 Å². The van der Waals surface area contributed by atoms with Crippen LogP contribution in [-0.2, 0) is 4.79 Å². The second kappa shape index (κ2) is 5.88. The van der Waals surface area contributed by atoms with Crippen molar-refractivity contribution in [2.45, 2.75) is 11.8 Å². The summed E-state index contributed by atoms with van der Waals surface area (Å²) in [5.41, 5.74) is 0. The van der Waals surface area contributed by atoms with E-state index in [1.54, 1.807) is 0 Å². The minimum Gasteiger partial charge on any atom is -0.549 e. The third kappa shape index (κ3) is 7.76. The Bertz CT molecular complexity index is 64.0. The van der Waals surface area contributed by atoms with Crippen LogP contribution in [0.5, 0.6) is 0 Å². The first-order chi connectivity index (χ1) is 2.64. The Hall–Kier alpha value is 1.76. The van der Waals surface area contributed by atoms with Crippen LogP contribution >= 0.6 is 15.9 Å². The SMILES string of the molecule is CC(Br)C(=O)[O-].[Rb+]. The van der Waals surface area contributed by atoms with Gasteiger partial charge in [0.1, 0.15) is 0 Å². The molecule has 0 amide bonds. The number of carboxylic acid groups (broad SMARTS) is 1. The molecule has 0 aromatic carbocycles. The predicted molar refractivity (Wildman–Crippen MR) is 23.4 cm³/mol. The molecule has 0 bridgehead atoms. The van der Waals surface area contributed by atoms with E-state index in [-0.39, 0.29) is 58.2 Å². The zero-order valence-corrected chi connectivity index (χ0v) is 10.8. The average molecular weight is 237 g/mol. The molecule has 0 saturated heterocycles. The van der Waals surface area contributed by atoms with Crippen LogP contribution in [0.25, 0.3) is 0 Å². The van der Waals surface area contributed by atoms with Gasteiger partial charge >= 0.3 is 58.2 Å². The molecular weight excluding hydrogens is 233 g/mol. The molecule has 4 heteroatoms. The van der Waals surface area contributed by atoms with Gasteiger partial charge in [-0.3, -0.25) is 0 Å². The van der Waals surface area contributed by atoms with Crippen molar-refractivity contribution in [3.05, 3.63) is 0 Å². The molecular formula is C3H4BrO2Rb. The van der Waals surface area contributed by atoms with Gasteiger partial charge < -0.3 is 9.90 Å². The van der Waals surface area contributed by atoms with Crippen LogP contribution in [0.4, 0.5) is 0 Å². The van der Waals surface area contributed by atoms with E-state index in [2.05, 4.69) is 15.9 Å². The van der Waals surface area contributed by atoms with Gasteiger partial charge in [-0.05, 0) is 6.92 Å². The van der Waals surface area contributed by atoms with Gasteiger partial charge in [0.05, 0.1) is 10.8 Å². The Kier molecular flexibility index (Phi) is 9.70. The summed E-state index contributed by atoms with van der Waals surface area (Å²) in [7, 11) is 0. The molecule has 0 rings (SSSR count). The Morgan fingerprint density at radius 2 is 2.00 bits per heavy atom. The van der Waals surface area contributed by atoms with Crippen molar-refractivity contribution >= 4 is 21.9 Å². The van der Waals surface area contributed by atoms with E-state index in [9.17, 15) is 9.90 Å². The molecule has 36 valence electrons. The first-order valence-electron chi connectivity index (χ1n) is 1.49. The van der Waals surface area contributed by atoms with Crippen LogP contribution in [0.1, 0.15) is 6.92 Å². The molecule has 0 fully saturated rings. The van der Waals surface area contributed by atoms with E-state index in [1.807, 2.05) is 0 Å². The molecule has 7 heavy (non-hydrogen) atoms. The van der Waals surface area contributed by atoms with Crippen molar-refractivity contribution in [1.29, 1.82) is 0 Å². The van der Waals surface area contributed by atoms with Crippen molar-refractivity contribution in [3.63, 3.8) is 0 Å². The summed E-state index contributed by atoms with van der Waals surface area (Å²) < 4.78 is 0. The van der Waals surface area contributed by atoms with Crippen LogP contribution in [0.3, 0.4) is 0 Å². The summed E-state index contributed by atoms with van der Waals surface area (Å²) in [6.07, 6.45) is 0. The van der Waals surface area contributed by atoms with Crippen molar-refractivity contribution in [2.75, 3.05) is 0 Å². The van der Waals surface area contributed by atoms with Crippen molar-refractivity contribution < 1.29 is 68.1 Å². The number of hydrogen-bond acceptors (Lipinski definition) is 2. The molecule has 0 spiro atoms. The van der Waals surface area contributed by atoms with E-state index in [0.717, 1.165) is 0 Å². The topological polar surface area (TPSA) is 40.1 Å². The molecule has 0 aromatic rings. The molecule has 0 N–H and O–H groups in total. The van der Waals surface area contributed by atoms with Gasteiger partial charge in [0.2, 0.25) is 0 Å². The Morgan fingerprint density at radius 3 is 2.00 bits per heavy atom. The van der Waals surface area contributed by atoms with Gasteiger partial charge in [-0.25, -0.2) is 0 Å². The molecule has 2 nitrogen and oxygen atoms in total. The maximum atomic E-state index is 9.54. The van der Waals surface area contributed by atoms with Gasteiger partial charge in [-0.1, -0.05) is 15.9 Å². The molecule has 0 aliphatic carbocycles. The monoisotopic (exact) mass is 236 g/mol. The zero-order chi connectivity index (χ0) is 5.15. The molecule has 0 aromatic heterocycles. The Morgan fingerprint density at radius 1 is 1.86 bits per heavy atom. The van der Waals surface area contributed by atoms with Crippen molar-refractivity contribution in [2.24, 2.45) is 0 Å². The fraction of sp³-hybridized carbons (Fsp3) is 0.667. The maximum absolute atomic E-state index is 9.54. The Balaban J connectivity index is 0. The van der Waals surface area contributed by atoms with Crippen LogP contribution in [0, 0.1) is 0 Å². The summed E-state index contributed by atoms with van der Waals surface area (Å²) >= 11 is 2.78. The number of carbonyl (C=O) groups is 1. The molecule has 0 saturated carbocycles. The van der Waals surface area contributed by atoms with E-state index in [0.29, 0.717) is 0 Å². The largest absolute Gasteiger partial charge is 1.00 e. The Labute approximate surface area is 99.6 Å². The second-order valence-corrected chi connectivity index (χ2v) is 2.31. The first kappa shape index (κ1) is 11.5. The molecule has 1 unspecified atom stereocenters. The van der Waals surface area contributed by atoms with Gasteiger partial charge in [0.25, 0.3) is 0 Å². The van der Waals surface area contributed by atoms with Gasteiger partial charge in [-0.2, -0.15) is 0 Å². The van der Waals surface area contributed by atoms with Crippen molar-refractivity contribution in [1.82, 2.24) is 0 Å². The normalized spacial score (nSPS) is 11.7. The number of carboxylic acids is 1. The fourth-order valence-electron chi connectivity index (χ4n) is 0. The summed E-state index contributed by atoms with van der Waals surface area (Å²) in [4.78, 5) is 9.01. The van der Waals surface area contributed by atoms with Crippen LogP contribution < -0.4 is 63.3 Å².